The topological polar surface area (TPSA) is 113 Å². The van der Waals surface area contributed by atoms with E-state index in [0.717, 1.165) is 0 Å². The Hall–Kier alpha value is -1.70. The Labute approximate surface area is 158 Å². The van der Waals surface area contributed by atoms with Crippen molar-refractivity contribution in [2.24, 2.45) is 17.3 Å². The minimum Gasteiger partial charge on any atom is -0.454 e. The monoisotopic (exact) mass is 380 g/mol. The summed E-state index contributed by atoms with van der Waals surface area (Å²) in [5, 5.41) is 32.5. The van der Waals surface area contributed by atoms with Crippen molar-refractivity contribution in [2.75, 3.05) is 0 Å². The molecule has 7 heteroatoms. The predicted octanol–water partition coefficient (Wildman–Crippen LogP) is 1.21. The van der Waals surface area contributed by atoms with Crippen LogP contribution in [0, 0.1) is 17.3 Å². The summed E-state index contributed by atoms with van der Waals surface area (Å²) < 4.78 is 11.0. The molecule has 3 rings (SSSR count). The summed E-state index contributed by atoms with van der Waals surface area (Å²) in [7, 11) is 0. The number of fused-ring (bicyclic) bond motifs is 2. The highest BCUT2D eigenvalue weighted by Crippen LogP contribution is 2.60. The molecular formula is C20H28O7. The summed E-state index contributed by atoms with van der Waals surface area (Å²) in [4.78, 5) is 24.8. The fourth-order valence-electron chi connectivity index (χ4n) is 4.94. The molecule has 2 fully saturated rings. The van der Waals surface area contributed by atoms with Gasteiger partial charge in [-0.1, -0.05) is 19.9 Å². The van der Waals surface area contributed by atoms with Gasteiger partial charge in [-0.05, 0) is 39.5 Å². The molecule has 0 bridgehead atoms. The smallest absolute Gasteiger partial charge is 0.336 e. The van der Waals surface area contributed by atoms with E-state index >= 15 is 0 Å². The van der Waals surface area contributed by atoms with Gasteiger partial charge in [-0.15, -0.1) is 0 Å². The van der Waals surface area contributed by atoms with E-state index in [1.54, 1.807) is 19.9 Å². The van der Waals surface area contributed by atoms with E-state index in [4.69, 9.17) is 9.47 Å². The van der Waals surface area contributed by atoms with Gasteiger partial charge in [-0.2, -0.15) is 0 Å². The van der Waals surface area contributed by atoms with Crippen LogP contribution in [-0.2, 0) is 19.1 Å². The lowest BCUT2D eigenvalue weighted by molar-refractivity contribution is -0.280. The van der Waals surface area contributed by atoms with Crippen LogP contribution < -0.4 is 0 Å². The number of aliphatic hydroxyl groups excluding tert-OH is 2. The molecule has 7 atom stereocenters. The summed E-state index contributed by atoms with van der Waals surface area (Å²) >= 11 is 0. The predicted molar refractivity (Wildman–Crippen MR) is 95.1 cm³/mol. The lowest BCUT2D eigenvalue weighted by atomic mass is 9.50. The number of rotatable bonds is 2. The molecule has 7 nitrogen and oxygen atoms in total. The second-order valence-corrected chi connectivity index (χ2v) is 8.23. The maximum Gasteiger partial charge on any atom is 0.336 e. The van der Waals surface area contributed by atoms with Gasteiger partial charge in [0.15, 0.2) is 0 Å². The summed E-state index contributed by atoms with van der Waals surface area (Å²) in [6.45, 7) is 8.48. The largest absolute Gasteiger partial charge is 0.454 e. The Balaban J connectivity index is 2.19. The van der Waals surface area contributed by atoms with Crippen LogP contribution in [0.5, 0.6) is 0 Å². The van der Waals surface area contributed by atoms with Crippen molar-refractivity contribution < 1.29 is 34.4 Å². The van der Waals surface area contributed by atoms with Crippen LogP contribution in [0.25, 0.3) is 0 Å². The molecule has 0 aromatic carbocycles. The van der Waals surface area contributed by atoms with Crippen molar-refractivity contribution in [1.82, 2.24) is 0 Å². The maximum absolute atomic E-state index is 12.6. The van der Waals surface area contributed by atoms with E-state index in [-0.39, 0.29) is 17.1 Å². The highest BCUT2D eigenvalue weighted by atomic mass is 16.7. The number of aliphatic hydroxyl groups is 3. The van der Waals surface area contributed by atoms with E-state index in [9.17, 15) is 24.9 Å². The Bertz CT molecular complexity index is 739. The molecule has 0 spiro atoms. The minimum atomic E-state index is -2.22. The molecule has 0 amide bonds. The third-order valence-corrected chi connectivity index (χ3v) is 7.06. The third-order valence-electron chi connectivity index (χ3n) is 7.06. The molecule has 0 aromatic rings. The number of hydrogen-bond acceptors (Lipinski definition) is 7. The molecule has 150 valence electrons. The van der Waals surface area contributed by atoms with Crippen LogP contribution >= 0.6 is 0 Å². The van der Waals surface area contributed by atoms with Gasteiger partial charge in [0.2, 0.25) is 0 Å². The van der Waals surface area contributed by atoms with Gasteiger partial charge in [-0.25, -0.2) is 9.59 Å². The van der Waals surface area contributed by atoms with Crippen LogP contribution in [0.2, 0.25) is 0 Å². The van der Waals surface area contributed by atoms with Gasteiger partial charge in [0.1, 0.15) is 12.2 Å². The maximum atomic E-state index is 12.6. The molecule has 1 aliphatic heterocycles. The average Bonchev–Trinajstić information content (AvgIpc) is 2.86. The molecule has 3 N–H and O–H groups in total. The Morgan fingerprint density at radius 1 is 1.33 bits per heavy atom. The number of esters is 2. The van der Waals surface area contributed by atoms with Gasteiger partial charge in [0.25, 0.3) is 5.79 Å². The minimum absolute atomic E-state index is 0.0805. The average molecular weight is 380 g/mol. The van der Waals surface area contributed by atoms with E-state index in [0.29, 0.717) is 18.4 Å². The van der Waals surface area contributed by atoms with E-state index in [1.807, 2.05) is 13.8 Å². The van der Waals surface area contributed by atoms with Crippen molar-refractivity contribution in [3.8, 4) is 0 Å². The van der Waals surface area contributed by atoms with Crippen LogP contribution in [-0.4, -0.2) is 51.4 Å². The van der Waals surface area contributed by atoms with E-state index in [2.05, 4.69) is 0 Å². The first-order valence-electron chi connectivity index (χ1n) is 9.37. The van der Waals surface area contributed by atoms with Crippen LogP contribution in [0.15, 0.2) is 22.8 Å². The SMILES string of the molecule is C/C=C(\C)C(=O)OC1C2=C(C)C(=O)OC2(O)C(O)C2CCC(O)C(C)C12C. The normalized spacial score (nSPS) is 44.5. The van der Waals surface area contributed by atoms with Crippen LogP contribution in [0.1, 0.15) is 47.5 Å². The Morgan fingerprint density at radius 3 is 2.56 bits per heavy atom. The van der Waals surface area contributed by atoms with Gasteiger partial charge < -0.3 is 24.8 Å². The molecule has 1 heterocycles. The zero-order valence-corrected chi connectivity index (χ0v) is 16.4. The van der Waals surface area contributed by atoms with Crippen molar-refractivity contribution >= 4 is 11.9 Å². The zero-order chi connectivity index (χ0) is 20.3. The number of carbonyl (C=O) groups is 2. The van der Waals surface area contributed by atoms with Crippen molar-refractivity contribution in [3.05, 3.63) is 22.8 Å². The van der Waals surface area contributed by atoms with Crippen molar-refractivity contribution in [2.45, 2.75) is 71.6 Å². The van der Waals surface area contributed by atoms with E-state index < -0.39 is 47.4 Å². The summed E-state index contributed by atoms with van der Waals surface area (Å²) in [6, 6.07) is 0. The Kier molecular flexibility index (Phi) is 4.77. The first kappa shape index (κ1) is 20.0. The van der Waals surface area contributed by atoms with E-state index in [1.165, 1.54) is 6.92 Å². The van der Waals surface area contributed by atoms with Gasteiger partial charge >= 0.3 is 11.9 Å². The first-order chi connectivity index (χ1) is 12.5. The molecular weight excluding hydrogens is 352 g/mol. The molecule has 0 radical (unpaired) electrons. The van der Waals surface area contributed by atoms with Crippen molar-refractivity contribution in [1.29, 1.82) is 0 Å². The fourth-order valence-corrected chi connectivity index (χ4v) is 4.94. The molecule has 2 aliphatic carbocycles. The quantitative estimate of drug-likeness (QED) is 0.487. The number of carbonyl (C=O) groups excluding carboxylic acids is 2. The molecule has 7 unspecified atom stereocenters. The molecule has 0 aromatic heterocycles. The van der Waals surface area contributed by atoms with Crippen LogP contribution in [0.3, 0.4) is 0 Å². The van der Waals surface area contributed by atoms with Gasteiger partial charge in [0.05, 0.1) is 11.7 Å². The zero-order valence-electron chi connectivity index (χ0n) is 16.4. The summed E-state index contributed by atoms with van der Waals surface area (Å²) in [6.07, 6.45) is -0.557. The first-order valence-corrected chi connectivity index (χ1v) is 9.37. The lowest BCUT2D eigenvalue weighted by Gasteiger charge is -2.59. The van der Waals surface area contributed by atoms with Gasteiger partial charge in [-0.3, -0.25) is 0 Å². The van der Waals surface area contributed by atoms with Crippen LogP contribution in [0.4, 0.5) is 0 Å². The summed E-state index contributed by atoms with van der Waals surface area (Å²) in [5.74, 6) is -4.40. The molecule has 2 saturated carbocycles. The Morgan fingerprint density at radius 2 is 1.96 bits per heavy atom. The highest BCUT2D eigenvalue weighted by Gasteiger charge is 2.69. The number of ether oxygens (including phenoxy) is 2. The second kappa shape index (κ2) is 6.43. The number of hydrogen-bond donors (Lipinski definition) is 3. The summed E-state index contributed by atoms with van der Waals surface area (Å²) in [5.41, 5.74) is -0.286. The molecule has 0 saturated heterocycles. The lowest BCUT2D eigenvalue weighted by Crippen LogP contribution is -2.68. The third kappa shape index (κ3) is 2.59. The standard InChI is InChI=1S/C20H28O7/c1-6-9(2)17(23)26-16-14-10(3)18(24)27-20(14,25)15(22)12-7-8-13(21)11(4)19(12,16)5/h6,11-13,15-16,21-22,25H,7-8H2,1-5H3/b9-6+. The van der Waals surface area contributed by atoms with Gasteiger partial charge in [0, 0.05) is 22.5 Å². The second-order valence-electron chi connectivity index (χ2n) is 8.23. The molecule has 27 heavy (non-hydrogen) atoms. The van der Waals surface area contributed by atoms with Crippen molar-refractivity contribution in [3.63, 3.8) is 0 Å². The fraction of sp³-hybridized carbons (Fsp3) is 0.700. The molecule has 3 aliphatic rings. The highest BCUT2D eigenvalue weighted by molar-refractivity contribution is 5.93. The number of allylic oxidation sites excluding steroid dienone is 1.